The highest BCUT2D eigenvalue weighted by atomic mass is 14.8. The fourth-order valence-corrected chi connectivity index (χ4v) is 29.5. The van der Waals surface area contributed by atoms with Crippen LogP contribution in [0.3, 0.4) is 0 Å². The highest BCUT2D eigenvalue weighted by Crippen LogP contribution is 2.85. The molecule has 24 aliphatic carbocycles. The maximum atomic E-state index is 2.81. The van der Waals surface area contributed by atoms with Crippen molar-refractivity contribution in [3.8, 4) is 0 Å². The third kappa shape index (κ3) is 4.56. The van der Waals surface area contributed by atoms with Gasteiger partial charge in [0.05, 0.1) is 0 Å². The third-order valence-corrected chi connectivity index (χ3v) is 31.4. The van der Waals surface area contributed by atoms with Crippen molar-refractivity contribution in [3.05, 3.63) is 313 Å². The number of hydrogen-bond acceptors (Lipinski definition) is 0. The van der Waals surface area contributed by atoms with Gasteiger partial charge in [-0.2, -0.15) is 0 Å². The summed E-state index contributed by atoms with van der Waals surface area (Å²) in [6.45, 7) is 20.1. The van der Waals surface area contributed by atoms with E-state index in [4.69, 9.17) is 0 Å². The Bertz CT molecular complexity index is 4830. The minimum absolute atomic E-state index is 0.0282. The molecule has 0 fully saturated rings. The molecule has 0 aromatic carbocycles. The summed E-state index contributed by atoms with van der Waals surface area (Å²) < 4.78 is 0. The molecule has 0 heteroatoms. The van der Waals surface area contributed by atoms with Crippen LogP contribution in [0.4, 0.5) is 0 Å². The SMILES string of the molecule is CCC1=C2C=CC3C(CC4=C5C=CC6C(C)=C7C=CC8=C(CC9=C%10C=CC%11C(C)=C%12C=CC%13=C(CC)C%14C=CC%15=C(CC)C%16=CC=C9[C@H]%16C(C%12%13)(C%10%11)C%15%14)C9C=CC%10=C(CC)C%11=CC=C4C%11C(C78)(C56)C%109)=C4C=CC5=C(C)C6C=CC7=C(C)C8=CC=C1C8C(C54)(C76)C23. The predicted octanol–water partition coefficient (Wildman–Crippen LogP) is 20.0. The van der Waals surface area contributed by atoms with E-state index >= 15 is 0 Å². The standard InChI is InChI=1S/C89H78/c1-9-43-56-22-16-50-41(7)52-18-24-64-72(68-34-30-60-45(11-3)58-28-27-57(43)82(58)88(77(50)56,79(52)64)84(60)68)38-74-66-26-20-54-42(8)53-19-25-65-73(69-35-31-61-46(12-4)62-32-36-70(74)86(62)89(80(53)65,81(54)66)85(61)69)37-71-63-23-17-51-40(6)48-14-13-47-39(5)49-15-21-55-44(10-2)59-29-33-67(71)83(59)87(75(47)48,76(49)55)78(51)63/h13-36,48,52-53,57,67,70,75-86H,9-12,37-38H2,1-8H3/t48?,52?,53?,57?,67?,70?,75?,76?,77?,78?,79?,80?,81?,82?,83?,84-,85?,86?,87?,88?,89?/m0/s1. The molecule has 0 bridgehead atoms. The molecule has 0 saturated heterocycles. The first-order valence-corrected chi connectivity index (χ1v) is 35.7. The average molecular weight is 1150 g/mol. The summed E-state index contributed by atoms with van der Waals surface area (Å²) in [5, 5.41) is 0. The number of hydrogen-bond donors (Lipinski definition) is 0. The lowest BCUT2D eigenvalue weighted by atomic mass is 9.35. The summed E-state index contributed by atoms with van der Waals surface area (Å²) >= 11 is 0. The second kappa shape index (κ2) is 15.1. The van der Waals surface area contributed by atoms with Crippen molar-refractivity contribution in [2.45, 2.75) is 93.9 Å². The van der Waals surface area contributed by atoms with Gasteiger partial charge in [-0.15, -0.1) is 0 Å². The summed E-state index contributed by atoms with van der Waals surface area (Å²) in [7, 11) is 0. The van der Waals surface area contributed by atoms with Crippen LogP contribution in [-0.2, 0) is 0 Å². The Morgan fingerprint density at radius 3 is 0.921 bits per heavy atom. The van der Waals surface area contributed by atoms with Gasteiger partial charge in [0.15, 0.2) is 0 Å². The average Bonchev–Trinajstić information content (AvgIpc) is 1.62. The van der Waals surface area contributed by atoms with E-state index in [0.29, 0.717) is 107 Å². The first-order chi connectivity index (χ1) is 43.7. The summed E-state index contributed by atoms with van der Waals surface area (Å²) in [6, 6.07) is 0. The highest BCUT2D eigenvalue weighted by Gasteiger charge is 2.77. The smallest absolute Gasteiger partial charge is 0.0173 e. The Kier molecular flexibility index (Phi) is 8.30. The van der Waals surface area contributed by atoms with E-state index in [2.05, 4.69) is 201 Å². The molecule has 0 radical (unpaired) electrons. The van der Waals surface area contributed by atoms with Gasteiger partial charge in [0.25, 0.3) is 0 Å². The molecular formula is C89H78. The fraction of sp³-hybridized carbons (Fsp3) is 0.393. The lowest BCUT2D eigenvalue weighted by molar-refractivity contribution is -0.0206. The molecule has 0 nitrogen and oxygen atoms in total. The van der Waals surface area contributed by atoms with Crippen molar-refractivity contribution in [1.82, 2.24) is 0 Å². The van der Waals surface area contributed by atoms with E-state index in [9.17, 15) is 0 Å². The predicted molar refractivity (Wildman–Crippen MR) is 358 cm³/mol. The van der Waals surface area contributed by atoms with Gasteiger partial charge in [0.1, 0.15) is 0 Å². The molecule has 0 N–H and O–H groups in total. The van der Waals surface area contributed by atoms with E-state index in [1.807, 2.05) is 0 Å². The van der Waals surface area contributed by atoms with Gasteiger partial charge in [-0.1, -0.05) is 207 Å². The van der Waals surface area contributed by atoms with Crippen LogP contribution in [0.1, 0.15) is 93.9 Å². The monoisotopic (exact) mass is 1150 g/mol. The van der Waals surface area contributed by atoms with E-state index < -0.39 is 0 Å². The molecule has 3 spiro atoms. The third-order valence-electron chi connectivity index (χ3n) is 31.4. The second-order valence-corrected chi connectivity index (χ2v) is 32.4. The van der Waals surface area contributed by atoms with Crippen LogP contribution in [0, 0.1) is 123 Å². The molecule has 0 heterocycles. The molecule has 0 aromatic heterocycles. The maximum Gasteiger partial charge on any atom is 0.0173 e. The largest absolute Gasteiger partial charge is 0.0764 e. The van der Waals surface area contributed by atoms with Gasteiger partial charge in [-0.25, -0.2) is 0 Å². The summed E-state index contributed by atoms with van der Waals surface area (Å²) in [6.07, 6.45) is 71.4. The molecule has 24 rings (SSSR count). The molecule has 24 aliphatic rings. The van der Waals surface area contributed by atoms with E-state index in [1.54, 1.807) is 167 Å². The Balaban J connectivity index is 0.695. The molecular weight excluding hydrogens is 1070 g/mol. The molecule has 21 atom stereocenters. The zero-order valence-electron chi connectivity index (χ0n) is 53.0. The van der Waals surface area contributed by atoms with Crippen molar-refractivity contribution in [2.75, 3.05) is 0 Å². The van der Waals surface area contributed by atoms with Crippen molar-refractivity contribution >= 4 is 0 Å². The van der Waals surface area contributed by atoms with Crippen LogP contribution < -0.4 is 0 Å². The van der Waals surface area contributed by atoms with Crippen LogP contribution in [0.2, 0.25) is 0 Å². The van der Waals surface area contributed by atoms with Crippen LogP contribution in [0.25, 0.3) is 0 Å². The van der Waals surface area contributed by atoms with Gasteiger partial charge in [0.2, 0.25) is 0 Å². The molecule has 434 valence electrons. The van der Waals surface area contributed by atoms with Crippen LogP contribution in [0.15, 0.2) is 313 Å². The first kappa shape index (κ1) is 48.8. The molecule has 0 aliphatic heterocycles. The fourth-order valence-electron chi connectivity index (χ4n) is 29.5. The lowest BCUT2D eigenvalue weighted by Gasteiger charge is -2.67. The minimum atomic E-state index is 0.0282. The Morgan fingerprint density at radius 1 is 0.258 bits per heavy atom. The Labute approximate surface area is 526 Å². The van der Waals surface area contributed by atoms with Gasteiger partial charge in [-0.3, -0.25) is 0 Å². The minimum Gasteiger partial charge on any atom is -0.0764 e. The summed E-state index contributed by atoms with van der Waals surface area (Å²) in [4.78, 5) is 0. The zero-order valence-corrected chi connectivity index (χ0v) is 53.0. The lowest BCUT2D eigenvalue weighted by Crippen LogP contribution is -2.62. The second-order valence-electron chi connectivity index (χ2n) is 32.4. The Morgan fingerprint density at radius 2 is 0.539 bits per heavy atom. The van der Waals surface area contributed by atoms with Crippen molar-refractivity contribution in [3.63, 3.8) is 0 Å². The quantitative estimate of drug-likeness (QED) is 0.227. The van der Waals surface area contributed by atoms with Gasteiger partial charge >= 0.3 is 0 Å². The van der Waals surface area contributed by atoms with Crippen molar-refractivity contribution in [2.24, 2.45) is 123 Å². The van der Waals surface area contributed by atoms with E-state index in [1.165, 1.54) is 0 Å². The van der Waals surface area contributed by atoms with Crippen molar-refractivity contribution in [1.29, 1.82) is 0 Å². The Hall–Kier alpha value is -7.02. The topological polar surface area (TPSA) is 0 Å². The van der Waals surface area contributed by atoms with Crippen molar-refractivity contribution < 1.29 is 0 Å². The molecule has 0 aromatic rings. The maximum absolute atomic E-state index is 2.81. The van der Waals surface area contributed by atoms with Gasteiger partial charge in [-0.05, 0) is 200 Å². The van der Waals surface area contributed by atoms with E-state index in [-0.39, 0.29) is 16.2 Å². The highest BCUT2D eigenvalue weighted by molar-refractivity contribution is 5.79. The summed E-state index contributed by atoms with van der Waals surface area (Å²) in [5.74, 6) is 8.21. The van der Waals surface area contributed by atoms with Crippen LogP contribution >= 0.6 is 0 Å². The first-order valence-electron chi connectivity index (χ1n) is 35.7. The molecule has 89 heavy (non-hydrogen) atoms. The molecule has 0 saturated carbocycles. The number of rotatable bonds is 8. The van der Waals surface area contributed by atoms with Gasteiger partial charge < -0.3 is 0 Å². The van der Waals surface area contributed by atoms with Crippen LogP contribution in [-0.4, -0.2) is 0 Å². The van der Waals surface area contributed by atoms with Crippen LogP contribution in [0.5, 0.6) is 0 Å². The molecule has 20 unspecified atom stereocenters. The molecule has 0 amide bonds. The number of allylic oxidation sites excluding steroid dienone is 54. The normalized spacial score (nSPS) is 45.8. The van der Waals surface area contributed by atoms with Gasteiger partial charge in [0, 0.05) is 123 Å². The van der Waals surface area contributed by atoms with E-state index in [0.717, 1.165) is 38.5 Å². The summed E-state index contributed by atoms with van der Waals surface area (Å²) in [5.41, 5.74) is 51.1. The zero-order chi connectivity index (χ0) is 58.4.